The zero-order valence-corrected chi connectivity index (χ0v) is 12.1. The van der Waals surface area contributed by atoms with Crippen molar-refractivity contribution in [3.05, 3.63) is 53.2 Å². The van der Waals surface area contributed by atoms with Gasteiger partial charge in [-0.1, -0.05) is 23.7 Å². The van der Waals surface area contributed by atoms with Gasteiger partial charge in [0.25, 0.3) is 0 Å². The molecule has 1 aliphatic rings. The van der Waals surface area contributed by atoms with Gasteiger partial charge in [0, 0.05) is 11.1 Å². The summed E-state index contributed by atoms with van der Waals surface area (Å²) in [6.45, 7) is 0. The van der Waals surface area contributed by atoms with Gasteiger partial charge < -0.3 is 10.1 Å². The fourth-order valence-electron chi connectivity index (χ4n) is 2.34. The second-order valence-electron chi connectivity index (χ2n) is 5.10. The van der Waals surface area contributed by atoms with E-state index in [2.05, 4.69) is 22.4 Å². The molecule has 1 N–H and O–H groups in total. The average molecular weight is 289 g/mol. The van der Waals surface area contributed by atoms with Gasteiger partial charge in [0.15, 0.2) is 0 Å². The lowest BCUT2D eigenvalue weighted by atomic mass is 10.0. The van der Waals surface area contributed by atoms with Crippen LogP contribution in [-0.4, -0.2) is 12.1 Å². The number of aromatic nitrogens is 1. The van der Waals surface area contributed by atoms with Gasteiger partial charge in [-0.05, 0) is 42.5 Å². The average Bonchev–Trinajstić information content (AvgIpc) is 3.31. The Kier molecular flexibility index (Phi) is 3.79. The maximum Gasteiger partial charge on any atom is 0.213 e. The van der Waals surface area contributed by atoms with Crippen LogP contribution in [0.4, 0.5) is 5.69 Å². The number of anilines is 1. The molecule has 1 fully saturated rings. The smallest absolute Gasteiger partial charge is 0.213 e. The molecule has 104 valence electrons. The van der Waals surface area contributed by atoms with E-state index in [4.69, 9.17) is 16.3 Å². The Labute approximate surface area is 123 Å². The SMILES string of the molecule is COc1ccc(NC(c2ccc(Cl)cc2)C2CC2)cn1. The molecule has 4 heteroatoms. The van der Waals surface area contributed by atoms with E-state index in [1.807, 2.05) is 30.5 Å². The van der Waals surface area contributed by atoms with Gasteiger partial charge in [0.1, 0.15) is 0 Å². The first-order chi connectivity index (χ1) is 9.76. The van der Waals surface area contributed by atoms with Crippen molar-refractivity contribution in [1.82, 2.24) is 4.98 Å². The molecule has 1 aliphatic carbocycles. The van der Waals surface area contributed by atoms with Crippen molar-refractivity contribution >= 4 is 17.3 Å². The van der Waals surface area contributed by atoms with E-state index < -0.39 is 0 Å². The summed E-state index contributed by atoms with van der Waals surface area (Å²) in [5.41, 5.74) is 2.28. The second-order valence-corrected chi connectivity index (χ2v) is 5.54. The summed E-state index contributed by atoms with van der Waals surface area (Å²) in [7, 11) is 1.62. The molecular formula is C16H17ClN2O. The van der Waals surface area contributed by atoms with E-state index in [0.717, 1.165) is 10.7 Å². The minimum Gasteiger partial charge on any atom is -0.481 e. The number of pyridine rings is 1. The molecule has 3 nitrogen and oxygen atoms in total. The summed E-state index contributed by atoms with van der Waals surface area (Å²) in [5, 5.41) is 4.34. The van der Waals surface area contributed by atoms with Crippen molar-refractivity contribution in [3.63, 3.8) is 0 Å². The van der Waals surface area contributed by atoms with Crippen molar-refractivity contribution < 1.29 is 4.74 Å². The number of benzene rings is 1. The highest BCUT2D eigenvalue weighted by atomic mass is 35.5. The number of rotatable bonds is 5. The Hall–Kier alpha value is -1.74. The highest BCUT2D eigenvalue weighted by Crippen LogP contribution is 2.43. The second kappa shape index (κ2) is 5.71. The van der Waals surface area contributed by atoms with E-state index in [-0.39, 0.29) is 0 Å². The zero-order chi connectivity index (χ0) is 13.9. The third kappa shape index (κ3) is 3.05. The Bertz CT molecular complexity index is 564. The summed E-state index contributed by atoms with van der Waals surface area (Å²) in [6.07, 6.45) is 4.35. The molecule has 1 unspecified atom stereocenters. The van der Waals surface area contributed by atoms with Crippen molar-refractivity contribution in [2.75, 3.05) is 12.4 Å². The molecule has 3 rings (SSSR count). The quantitative estimate of drug-likeness (QED) is 0.890. The molecule has 1 aromatic carbocycles. The molecule has 1 saturated carbocycles. The highest BCUT2D eigenvalue weighted by molar-refractivity contribution is 6.30. The van der Waals surface area contributed by atoms with Gasteiger partial charge in [-0.2, -0.15) is 0 Å². The molecule has 2 aromatic rings. The standard InChI is InChI=1S/C16H17ClN2O/c1-20-15-9-8-14(10-18-15)19-16(11-2-3-11)12-4-6-13(17)7-5-12/h4-11,16,19H,2-3H2,1H3. The minimum absolute atomic E-state index is 0.322. The maximum absolute atomic E-state index is 5.96. The first-order valence-corrected chi connectivity index (χ1v) is 7.16. The first kappa shape index (κ1) is 13.3. The van der Waals surface area contributed by atoms with Crippen molar-refractivity contribution in [2.45, 2.75) is 18.9 Å². The molecule has 1 heterocycles. The molecule has 1 atom stereocenters. The predicted molar refractivity (Wildman–Crippen MR) is 81.3 cm³/mol. The van der Waals surface area contributed by atoms with E-state index in [1.54, 1.807) is 7.11 Å². The molecule has 20 heavy (non-hydrogen) atoms. The van der Waals surface area contributed by atoms with Gasteiger partial charge >= 0.3 is 0 Å². The number of methoxy groups -OCH3 is 1. The number of nitrogens with one attached hydrogen (secondary N) is 1. The van der Waals surface area contributed by atoms with E-state index in [0.29, 0.717) is 17.8 Å². The number of hydrogen-bond donors (Lipinski definition) is 1. The van der Waals surface area contributed by atoms with E-state index in [9.17, 15) is 0 Å². The number of ether oxygens (including phenoxy) is 1. The normalized spacial score (nSPS) is 15.7. The lowest BCUT2D eigenvalue weighted by Gasteiger charge is -2.20. The van der Waals surface area contributed by atoms with E-state index in [1.165, 1.54) is 18.4 Å². The Balaban J connectivity index is 1.78. The fraction of sp³-hybridized carbons (Fsp3) is 0.312. The molecule has 0 amide bonds. The monoisotopic (exact) mass is 288 g/mol. The predicted octanol–water partition coefficient (Wildman–Crippen LogP) is 4.31. The van der Waals surface area contributed by atoms with Gasteiger partial charge in [0.2, 0.25) is 5.88 Å². The van der Waals surface area contributed by atoms with Crippen molar-refractivity contribution in [3.8, 4) is 5.88 Å². The summed E-state index contributed by atoms with van der Waals surface area (Å²) < 4.78 is 5.08. The van der Waals surface area contributed by atoms with Gasteiger partial charge in [0.05, 0.1) is 25.0 Å². The summed E-state index contributed by atoms with van der Waals surface area (Å²) in [5.74, 6) is 1.32. The molecule has 1 aromatic heterocycles. The molecule has 0 bridgehead atoms. The van der Waals surface area contributed by atoms with Crippen LogP contribution in [0.25, 0.3) is 0 Å². The maximum atomic E-state index is 5.96. The zero-order valence-electron chi connectivity index (χ0n) is 11.3. The van der Waals surface area contributed by atoms with Gasteiger partial charge in [-0.25, -0.2) is 4.98 Å². The van der Waals surface area contributed by atoms with Crippen LogP contribution < -0.4 is 10.1 Å². The highest BCUT2D eigenvalue weighted by Gasteiger charge is 2.32. The molecular weight excluding hydrogens is 272 g/mol. The van der Waals surface area contributed by atoms with E-state index >= 15 is 0 Å². The Morgan fingerprint density at radius 2 is 1.95 bits per heavy atom. The van der Waals surface area contributed by atoms with Crippen LogP contribution in [0, 0.1) is 5.92 Å². The lowest BCUT2D eigenvalue weighted by molar-refractivity contribution is 0.398. The third-order valence-electron chi connectivity index (χ3n) is 3.59. The van der Waals surface area contributed by atoms with Gasteiger partial charge in [-0.3, -0.25) is 0 Å². The van der Waals surface area contributed by atoms with Crippen LogP contribution in [0.1, 0.15) is 24.4 Å². The minimum atomic E-state index is 0.322. The number of hydrogen-bond acceptors (Lipinski definition) is 3. The molecule has 0 radical (unpaired) electrons. The van der Waals surface area contributed by atoms with Gasteiger partial charge in [-0.15, -0.1) is 0 Å². The van der Waals surface area contributed by atoms with Crippen LogP contribution in [0.3, 0.4) is 0 Å². The van der Waals surface area contributed by atoms with Crippen LogP contribution in [0.5, 0.6) is 5.88 Å². The number of nitrogens with zero attached hydrogens (tertiary/aromatic N) is 1. The molecule has 0 spiro atoms. The summed E-state index contributed by atoms with van der Waals surface area (Å²) in [6, 6.07) is 12.3. The molecule has 0 aliphatic heterocycles. The topological polar surface area (TPSA) is 34.1 Å². The van der Waals surface area contributed by atoms with Crippen LogP contribution in [-0.2, 0) is 0 Å². The first-order valence-electron chi connectivity index (χ1n) is 6.78. The van der Waals surface area contributed by atoms with Crippen LogP contribution in [0.15, 0.2) is 42.6 Å². The summed E-state index contributed by atoms with van der Waals surface area (Å²) >= 11 is 5.96. The fourth-order valence-corrected chi connectivity index (χ4v) is 2.46. The third-order valence-corrected chi connectivity index (χ3v) is 3.84. The Morgan fingerprint density at radius 1 is 1.20 bits per heavy atom. The van der Waals surface area contributed by atoms with Crippen LogP contribution in [0.2, 0.25) is 5.02 Å². The molecule has 0 saturated heterocycles. The largest absolute Gasteiger partial charge is 0.481 e. The lowest BCUT2D eigenvalue weighted by Crippen LogP contribution is -2.13. The Morgan fingerprint density at radius 3 is 2.50 bits per heavy atom. The number of halogens is 1. The summed E-state index contributed by atoms with van der Waals surface area (Å²) in [4.78, 5) is 4.23. The van der Waals surface area contributed by atoms with Crippen molar-refractivity contribution in [1.29, 1.82) is 0 Å². The van der Waals surface area contributed by atoms with Crippen molar-refractivity contribution in [2.24, 2.45) is 5.92 Å². The van der Waals surface area contributed by atoms with Crippen LogP contribution >= 0.6 is 11.6 Å².